The molecule has 1 aromatic rings. The van der Waals surface area contributed by atoms with Crippen molar-refractivity contribution in [2.75, 3.05) is 13.7 Å². The first kappa shape index (κ1) is 12.3. The average molecular weight is 230 g/mol. The molecule has 0 spiro atoms. The highest BCUT2D eigenvalue weighted by atomic mass is 35.5. The minimum absolute atomic E-state index is 0.0888. The lowest BCUT2D eigenvalue weighted by molar-refractivity contribution is 0.251. The molecule has 0 amide bonds. The summed E-state index contributed by atoms with van der Waals surface area (Å²) < 4.78 is 5.05. The van der Waals surface area contributed by atoms with Crippen molar-refractivity contribution in [1.82, 2.24) is 5.32 Å². The summed E-state index contributed by atoms with van der Waals surface area (Å²) in [7, 11) is 1.59. The standard InChI is InChI=1S/C11H16ClNO2/c1-8(7-14)13-6-9-3-4-11(15-2)10(12)5-9/h3-5,8,13-14H,6-7H2,1-2H3. The van der Waals surface area contributed by atoms with E-state index in [0.29, 0.717) is 17.3 Å². The fourth-order valence-electron chi connectivity index (χ4n) is 1.18. The first-order valence-corrected chi connectivity index (χ1v) is 5.21. The van der Waals surface area contributed by atoms with Gasteiger partial charge in [0.05, 0.1) is 18.7 Å². The number of hydrogen-bond acceptors (Lipinski definition) is 3. The van der Waals surface area contributed by atoms with Crippen molar-refractivity contribution in [3.63, 3.8) is 0 Å². The molecular weight excluding hydrogens is 214 g/mol. The van der Waals surface area contributed by atoms with E-state index in [1.54, 1.807) is 7.11 Å². The molecule has 0 radical (unpaired) electrons. The summed E-state index contributed by atoms with van der Waals surface area (Å²) in [6.07, 6.45) is 0. The van der Waals surface area contributed by atoms with Crippen molar-refractivity contribution in [1.29, 1.82) is 0 Å². The molecule has 0 saturated carbocycles. The number of halogens is 1. The molecule has 1 unspecified atom stereocenters. The summed E-state index contributed by atoms with van der Waals surface area (Å²) in [6.45, 7) is 2.74. The molecule has 84 valence electrons. The van der Waals surface area contributed by atoms with Gasteiger partial charge in [-0.15, -0.1) is 0 Å². The van der Waals surface area contributed by atoms with Crippen LogP contribution < -0.4 is 10.1 Å². The molecule has 15 heavy (non-hydrogen) atoms. The van der Waals surface area contributed by atoms with Crippen LogP contribution in [0.3, 0.4) is 0 Å². The first-order valence-electron chi connectivity index (χ1n) is 4.84. The Bertz CT molecular complexity index is 317. The summed E-state index contributed by atoms with van der Waals surface area (Å²) in [4.78, 5) is 0. The molecular formula is C11H16ClNO2. The minimum Gasteiger partial charge on any atom is -0.495 e. The highest BCUT2D eigenvalue weighted by Gasteiger charge is 2.03. The molecule has 0 aliphatic rings. The number of methoxy groups -OCH3 is 1. The quantitative estimate of drug-likeness (QED) is 0.810. The number of ether oxygens (including phenoxy) is 1. The van der Waals surface area contributed by atoms with E-state index >= 15 is 0 Å². The Hall–Kier alpha value is -0.770. The summed E-state index contributed by atoms with van der Waals surface area (Å²) in [5.41, 5.74) is 1.07. The van der Waals surface area contributed by atoms with Crippen LogP contribution in [0.2, 0.25) is 5.02 Å². The number of aliphatic hydroxyl groups is 1. The van der Waals surface area contributed by atoms with Gasteiger partial charge >= 0.3 is 0 Å². The van der Waals surface area contributed by atoms with Crippen molar-refractivity contribution in [3.8, 4) is 5.75 Å². The van der Waals surface area contributed by atoms with Crippen LogP contribution in [0.4, 0.5) is 0 Å². The second-order valence-electron chi connectivity index (χ2n) is 3.43. The third-order valence-electron chi connectivity index (χ3n) is 2.14. The molecule has 1 aromatic carbocycles. The Labute approximate surface area is 95.0 Å². The van der Waals surface area contributed by atoms with E-state index in [1.807, 2.05) is 25.1 Å². The largest absolute Gasteiger partial charge is 0.495 e. The fourth-order valence-corrected chi connectivity index (χ4v) is 1.46. The first-order chi connectivity index (χ1) is 7.17. The van der Waals surface area contributed by atoms with Crippen LogP contribution in [-0.4, -0.2) is 24.9 Å². The van der Waals surface area contributed by atoms with Gasteiger partial charge in [-0.2, -0.15) is 0 Å². The third-order valence-corrected chi connectivity index (χ3v) is 2.44. The van der Waals surface area contributed by atoms with Gasteiger partial charge in [-0.3, -0.25) is 0 Å². The van der Waals surface area contributed by atoms with Gasteiger partial charge in [0.25, 0.3) is 0 Å². The SMILES string of the molecule is COc1ccc(CNC(C)CO)cc1Cl. The van der Waals surface area contributed by atoms with Gasteiger partial charge in [-0.25, -0.2) is 0 Å². The third kappa shape index (κ3) is 3.70. The highest BCUT2D eigenvalue weighted by molar-refractivity contribution is 6.32. The van der Waals surface area contributed by atoms with E-state index < -0.39 is 0 Å². The molecule has 1 atom stereocenters. The maximum atomic E-state index is 8.84. The zero-order valence-corrected chi connectivity index (χ0v) is 9.71. The zero-order valence-electron chi connectivity index (χ0n) is 8.96. The number of benzene rings is 1. The van der Waals surface area contributed by atoms with E-state index in [-0.39, 0.29) is 12.6 Å². The van der Waals surface area contributed by atoms with E-state index in [2.05, 4.69) is 5.32 Å². The summed E-state index contributed by atoms with van der Waals surface area (Å²) >= 11 is 5.98. The number of nitrogens with one attached hydrogen (secondary N) is 1. The predicted octanol–water partition coefficient (Wildman–Crippen LogP) is 1.82. The lowest BCUT2D eigenvalue weighted by atomic mass is 10.2. The second kappa shape index (κ2) is 5.95. The van der Waals surface area contributed by atoms with E-state index in [0.717, 1.165) is 5.56 Å². The predicted molar refractivity (Wildman–Crippen MR) is 61.4 cm³/mol. The summed E-state index contributed by atoms with van der Waals surface area (Å²) in [5, 5.41) is 12.6. The molecule has 1 rings (SSSR count). The van der Waals surface area contributed by atoms with Gasteiger partial charge in [0.15, 0.2) is 0 Å². The van der Waals surface area contributed by atoms with Gasteiger partial charge in [-0.1, -0.05) is 17.7 Å². The Morgan fingerprint density at radius 2 is 2.27 bits per heavy atom. The molecule has 0 saturated heterocycles. The smallest absolute Gasteiger partial charge is 0.137 e. The van der Waals surface area contributed by atoms with Crippen LogP contribution >= 0.6 is 11.6 Å². The monoisotopic (exact) mass is 229 g/mol. The number of aliphatic hydroxyl groups excluding tert-OH is 1. The molecule has 0 aliphatic heterocycles. The van der Waals surface area contributed by atoms with Crippen LogP contribution in [0.5, 0.6) is 5.75 Å². The molecule has 0 bridgehead atoms. The second-order valence-corrected chi connectivity index (χ2v) is 3.84. The number of rotatable bonds is 5. The Morgan fingerprint density at radius 3 is 2.80 bits per heavy atom. The molecule has 4 heteroatoms. The van der Waals surface area contributed by atoms with Crippen molar-refractivity contribution < 1.29 is 9.84 Å². The van der Waals surface area contributed by atoms with Crippen LogP contribution in [0.15, 0.2) is 18.2 Å². The van der Waals surface area contributed by atoms with E-state index in [9.17, 15) is 0 Å². The molecule has 0 aromatic heterocycles. The average Bonchev–Trinajstić information content (AvgIpc) is 2.26. The van der Waals surface area contributed by atoms with Crippen LogP contribution in [-0.2, 0) is 6.54 Å². The molecule has 3 nitrogen and oxygen atoms in total. The van der Waals surface area contributed by atoms with Crippen molar-refractivity contribution in [2.24, 2.45) is 0 Å². The van der Waals surface area contributed by atoms with Gasteiger partial charge in [0, 0.05) is 12.6 Å². The Balaban J connectivity index is 2.59. The van der Waals surface area contributed by atoms with E-state index in [4.69, 9.17) is 21.4 Å². The normalized spacial score (nSPS) is 12.5. The molecule has 0 heterocycles. The van der Waals surface area contributed by atoms with Crippen LogP contribution in [0.25, 0.3) is 0 Å². The van der Waals surface area contributed by atoms with Crippen molar-refractivity contribution >= 4 is 11.6 Å². The topological polar surface area (TPSA) is 41.5 Å². The minimum atomic E-state index is 0.0888. The Morgan fingerprint density at radius 1 is 1.53 bits per heavy atom. The highest BCUT2D eigenvalue weighted by Crippen LogP contribution is 2.24. The van der Waals surface area contributed by atoms with E-state index in [1.165, 1.54) is 0 Å². The van der Waals surface area contributed by atoms with Crippen LogP contribution in [0, 0.1) is 0 Å². The maximum Gasteiger partial charge on any atom is 0.137 e. The van der Waals surface area contributed by atoms with Gasteiger partial charge in [0.1, 0.15) is 5.75 Å². The summed E-state index contributed by atoms with van der Waals surface area (Å²) in [6, 6.07) is 5.73. The molecule has 0 aliphatic carbocycles. The fraction of sp³-hybridized carbons (Fsp3) is 0.455. The Kier molecular flexibility index (Phi) is 4.88. The lowest BCUT2D eigenvalue weighted by Gasteiger charge is -2.11. The van der Waals surface area contributed by atoms with Crippen molar-refractivity contribution in [3.05, 3.63) is 28.8 Å². The van der Waals surface area contributed by atoms with Gasteiger partial charge < -0.3 is 15.2 Å². The molecule has 2 N–H and O–H groups in total. The number of hydrogen-bond donors (Lipinski definition) is 2. The van der Waals surface area contributed by atoms with Gasteiger partial charge in [0.2, 0.25) is 0 Å². The van der Waals surface area contributed by atoms with Crippen LogP contribution in [0.1, 0.15) is 12.5 Å². The van der Waals surface area contributed by atoms with Crippen molar-refractivity contribution in [2.45, 2.75) is 19.5 Å². The van der Waals surface area contributed by atoms with Gasteiger partial charge in [-0.05, 0) is 24.6 Å². The molecule has 0 fully saturated rings. The maximum absolute atomic E-state index is 8.84. The lowest BCUT2D eigenvalue weighted by Crippen LogP contribution is -2.28. The zero-order chi connectivity index (χ0) is 11.3. The summed E-state index contributed by atoms with van der Waals surface area (Å²) in [5.74, 6) is 0.677.